The molecule has 0 aliphatic heterocycles. The third kappa shape index (κ3) is 5.74. The van der Waals surface area contributed by atoms with Crippen molar-refractivity contribution in [3.8, 4) is 11.3 Å². The van der Waals surface area contributed by atoms with Gasteiger partial charge in [0.15, 0.2) is 5.78 Å². The largest absolute Gasteiger partial charge is 0.444 e. The van der Waals surface area contributed by atoms with Crippen LogP contribution in [0.15, 0.2) is 60.9 Å². The Morgan fingerprint density at radius 3 is 2.22 bits per heavy atom. The van der Waals surface area contributed by atoms with Crippen LogP contribution in [0.5, 0.6) is 0 Å². The number of ether oxygens (including phenoxy) is 1. The maximum atomic E-state index is 13.2. The lowest BCUT2D eigenvalue weighted by atomic mass is 9.87. The summed E-state index contributed by atoms with van der Waals surface area (Å²) >= 11 is 6.39. The molecule has 3 amide bonds. The number of ketones is 1. The number of fused-ring (bicyclic) bond motifs is 2. The maximum absolute atomic E-state index is 13.2. The predicted molar refractivity (Wildman–Crippen MR) is 175 cm³/mol. The predicted octanol–water partition coefficient (Wildman–Crippen LogP) is 5.61. The van der Waals surface area contributed by atoms with Gasteiger partial charge in [-0.05, 0) is 45.0 Å². The number of carbonyl (C=O) groups is 4. The van der Waals surface area contributed by atoms with E-state index >= 15 is 0 Å². The van der Waals surface area contributed by atoms with E-state index in [-0.39, 0.29) is 18.2 Å². The number of rotatable bonds is 7. The molecule has 236 valence electrons. The Hall–Kier alpha value is -5.36. The highest BCUT2D eigenvalue weighted by Crippen LogP contribution is 2.41. The number of nitrogens with one attached hydrogen (secondary N) is 3. The summed E-state index contributed by atoms with van der Waals surface area (Å²) in [6.45, 7) is 5.90. The molecule has 1 aliphatic carbocycles. The molecule has 1 aliphatic rings. The zero-order valence-corrected chi connectivity index (χ0v) is 26.7. The molecule has 0 spiro atoms. The van der Waals surface area contributed by atoms with Crippen molar-refractivity contribution in [2.24, 2.45) is 14.1 Å². The van der Waals surface area contributed by atoms with Gasteiger partial charge in [-0.3, -0.25) is 24.4 Å². The number of halogens is 1. The first-order valence-corrected chi connectivity index (χ1v) is 14.9. The first-order valence-electron chi connectivity index (χ1n) is 14.6. The fourth-order valence-corrected chi connectivity index (χ4v) is 5.82. The van der Waals surface area contributed by atoms with Crippen molar-refractivity contribution < 1.29 is 23.9 Å². The Bertz CT molecular complexity index is 2060. The quantitative estimate of drug-likeness (QED) is 0.207. The van der Waals surface area contributed by atoms with Crippen LogP contribution in [0.3, 0.4) is 0 Å². The number of carbonyl (C=O) groups excluding carboxylic acids is 4. The maximum Gasteiger partial charge on any atom is 0.412 e. The van der Waals surface area contributed by atoms with E-state index in [1.54, 1.807) is 85.3 Å². The SMILES string of the molecule is Cn1cc(NC(=O)c2cc(NC(=O)OC(C)(C)C)cn2C)cc1C(=O)NCCn1nc2c3c(cccc31)C(=O)c1c(Cl)cccc1-2. The van der Waals surface area contributed by atoms with Gasteiger partial charge in [0, 0.05) is 49.5 Å². The Morgan fingerprint density at radius 1 is 0.891 bits per heavy atom. The Kier molecular flexibility index (Phi) is 7.69. The molecule has 0 unspecified atom stereocenters. The Morgan fingerprint density at radius 2 is 1.52 bits per heavy atom. The second-order valence-electron chi connectivity index (χ2n) is 12.0. The first-order chi connectivity index (χ1) is 21.8. The van der Waals surface area contributed by atoms with Crippen molar-refractivity contribution in [1.29, 1.82) is 0 Å². The van der Waals surface area contributed by atoms with Crippen LogP contribution in [0.2, 0.25) is 5.02 Å². The molecule has 5 aromatic rings. The van der Waals surface area contributed by atoms with Crippen molar-refractivity contribution >= 4 is 57.6 Å². The van der Waals surface area contributed by atoms with E-state index in [4.69, 9.17) is 21.4 Å². The number of anilines is 2. The van der Waals surface area contributed by atoms with Crippen LogP contribution in [0.4, 0.5) is 16.2 Å². The van der Waals surface area contributed by atoms with Crippen LogP contribution in [-0.4, -0.2) is 54.8 Å². The van der Waals surface area contributed by atoms with Gasteiger partial charge in [-0.2, -0.15) is 5.10 Å². The highest BCUT2D eigenvalue weighted by molar-refractivity contribution is 6.38. The van der Waals surface area contributed by atoms with Gasteiger partial charge in [0.1, 0.15) is 22.7 Å². The molecule has 0 fully saturated rings. The molecule has 12 nitrogen and oxygen atoms in total. The first kappa shape index (κ1) is 30.7. The van der Waals surface area contributed by atoms with E-state index in [0.29, 0.717) is 56.7 Å². The summed E-state index contributed by atoms with van der Waals surface area (Å²) in [6, 6.07) is 13.9. The number of nitrogens with zero attached hydrogens (tertiary/aromatic N) is 4. The topological polar surface area (TPSA) is 141 Å². The van der Waals surface area contributed by atoms with E-state index < -0.39 is 17.6 Å². The molecule has 0 atom stereocenters. The van der Waals surface area contributed by atoms with Gasteiger partial charge >= 0.3 is 6.09 Å². The van der Waals surface area contributed by atoms with E-state index in [1.807, 2.05) is 18.2 Å². The highest BCUT2D eigenvalue weighted by atomic mass is 35.5. The molecule has 13 heteroatoms. The summed E-state index contributed by atoms with van der Waals surface area (Å²) in [6.07, 6.45) is 2.61. The van der Waals surface area contributed by atoms with E-state index in [1.165, 1.54) is 6.07 Å². The Labute approximate surface area is 269 Å². The number of hydrogen-bond acceptors (Lipinski definition) is 6. The van der Waals surface area contributed by atoms with Crippen LogP contribution < -0.4 is 16.0 Å². The van der Waals surface area contributed by atoms with Crippen molar-refractivity contribution in [1.82, 2.24) is 24.2 Å². The number of aryl methyl sites for hydroxylation is 2. The molecule has 0 saturated carbocycles. The van der Waals surface area contributed by atoms with Gasteiger partial charge in [-0.25, -0.2) is 4.79 Å². The van der Waals surface area contributed by atoms with Gasteiger partial charge in [0.25, 0.3) is 11.8 Å². The number of amides is 3. The smallest absolute Gasteiger partial charge is 0.412 e. The molecular formula is C33H32ClN7O5. The normalized spacial score (nSPS) is 12.2. The molecule has 3 heterocycles. The minimum Gasteiger partial charge on any atom is -0.444 e. The standard InChI is InChI=1S/C33H32ClN7O5/c1-33(2,3)46-32(45)37-19-15-25(40(5)17-19)31(44)36-18-14-24(39(4)16-18)30(43)35-12-13-41-23-11-7-9-21-27(23)28(38-41)20-8-6-10-22(34)26(20)29(21)42/h6-11,14-17H,12-13H2,1-5H3,(H,35,43)(H,36,44)(H,37,45). The molecule has 3 aromatic heterocycles. The Balaban J connectivity index is 1.11. The fourth-order valence-electron chi connectivity index (χ4n) is 5.56. The number of hydrogen-bond donors (Lipinski definition) is 3. The average Bonchev–Trinajstić information content (AvgIpc) is 3.65. The van der Waals surface area contributed by atoms with Gasteiger partial charge in [-0.15, -0.1) is 0 Å². The second kappa shape index (κ2) is 11.5. The van der Waals surface area contributed by atoms with Crippen molar-refractivity contribution in [2.75, 3.05) is 17.2 Å². The fraction of sp³-hybridized carbons (Fsp3) is 0.242. The summed E-state index contributed by atoms with van der Waals surface area (Å²) in [4.78, 5) is 51.5. The molecule has 46 heavy (non-hydrogen) atoms. The summed E-state index contributed by atoms with van der Waals surface area (Å²) in [5.74, 6) is -0.889. The lowest BCUT2D eigenvalue weighted by molar-refractivity contribution is 0.0635. The molecule has 3 N–H and O–H groups in total. The van der Waals surface area contributed by atoms with Gasteiger partial charge in [0.05, 0.1) is 34.0 Å². The van der Waals surface area contributed by atoms with Gasteiger partial charge in [0.2, 0.25) is 0 Å². The molecule has 0 radical (unpaired) electrons. The van der Waals surface area contributed by atoms with Crippen molar-refractivity contribution in [2.45, 2.75) is 32.9 Å². The van der Waals surface area contributed by atoms with Crippen molar-refractivity contribution in [3.63, 3.8) is 0 Å². The molecule has 6 rings (SSSR count). The van der Waals surface area contributed by atoms with Crippen molar-refractivity contribution in [3.05, 3.63) is 88.5 Å². The van der Waals surface area contributed by atoms with Gasteiger partial charge < -0.3 is 24.5 Å². The van der Waals surface area contributed by atoms with E-state index in [9.17, 15) is 19.2 Å². The average molecular weight is 642 g/mol. The number of benzene rings is 2. The molecule has 2 aromatic carbocycles. The van der Waals surface area contributed by atoms with E-state index in [2.05, 4.69) is 16.0 Å². The second-order valence-corrected chi connectivity index (χ2v) is 12.5. The number of aromatic nitrogens is 4. The van der Waals surface area contributed by atoms with Gasteiger partial charge in [-0.1, -0.05) is 35.9 Å². The third-order valence-electron chi connectivity index (χ3n) is 7.51. The third-order valence-corrected chi connectivity index (χ3v) is 7.82. The lowest BCUT2D eigenvalue weighted by Crippen LogP contribution is -2.28. The van der Waals surface area contributed by atoms with E-state index in [0.717, 1.165) is 10.9 Å². The minimum atomic E-state index is -0.659. The zero-order chi connectivity index (χ0) is 32.9. The monoisotopic (exact) mass is 641 g/mol. The van der Waals surface area contributed by atoms with Crippen LogP contribution in [-0.2, 0) is 25.4 Å². The van der Waals surface area contributed by atoms with Crippen LogP contribution in [0, 0.1) is 0 Å². The summed E-state index contributed by atoms with van der Waals surface area (Å²) in [5.41, 5.74) is 3.96. The summed E-state index contributed by atoms with van der Waals surface area (Å²) in [7, 11) is 3.39. The summed E-state index contributed by atoms with van der Waals surface area (Å²) < 4.78 is 10.2. The zero-order valence-electron chi connectivity index (χ0n) is 25.9. The molecule has 0 saturated heterocycles. The highest BCUT2D eigenvalue weighted by Gasteiger charge is 2.30. The lowest BCUT2D eigenvalue weighted by Gasteiger charge is -2.19. The van der Waals surface area contributed by atoms with Crippen LogP contribution in [0.1, 0.15) is 57.7 Å². The summed E-state index contributed by atoms with van der Waals surface area (Å²) in [5, 5.41) is 14.3. The molecular weight excluding hydrogens is 610 g/mol. The van der Waals surface area contributed by atoms with Crippen LogP contribution in [0.25, 0.3) is 22.2 Å². The van der Waals surface area contributed by atoms with Crippen LogP contribution >= 0.6 is 11.6 Å². The minimum absolute atomic E-state index is 0.136. The molecule has 0 bridgehead atoms.